The fourth-order valence-electron chi connectivity index (χ4n) is 2.39. The van der Waals surface area contributed by atoms with E-state index < -0.39 is 6.04 Å². The van der Waals surface area contributed by atoms with E-state index in [0.29, 0.717) is 18.7 Å². The molecule has 1 N–H and O–H groups in total. The molecule has 22 heavy (non-hydrogen) atoms. The van der Waals surface area contributed by atoms with Crippen LogP contribution in [0.25, 0.3) is 0 Å². The first kappa shape index (κ1) is 16.9. The van der Waals surface area contributed by atoms with Gasteiger partial charge in [-0.1, -0.05) is 6.92 Å². The number of nitrogens with one attached hydrogen (secondary N) is 1. The Hall–Kier alpha value is -1.47. The number of carbonyl (C=O) groups excluding carboxylic acids is 2. The number of hydrogen-bond acceptors (Lipinski definition) is 5. The molecule has 1 aliphatic heterocycles. The summed E-state index contributed by atoms with van der Waals surface area (Å²) in [5.41, 5.74) is 0.926. The van der Waals surface area contributed by atoms with Crippen molar-refractivity contribution in [2.75, 3.05) is 32.9 Å². The lowest BCUT2D eigenvalue weighted by atomic mass is 10.2. The minimum Gasteiger partial charge on any atom is -0.472 e. The van der Waals surface area contributed by atoms with Crippen LogP contribution in [0.3, 0.4) is 0 Å². The van der Waals surface area contributed by atoms with Gasteiger partial charge < -0.3 is 19.5 Å². The Kier molecular flexibility index (Phi) is 5.90. The lowest BCUT2D eigenvalue weighted by molar-refractivity contribution is -0.139. The molecule has 2 rings (SSSR count). The molecule has 2 unspecified atom stereocenters. The molecule has 1 aromatic heterocycles. The lowest BCUT2D eigenvalue weighted by Gasteiger charge is -2.28. The summed E-state index contributed by atoms with van der Waals surface area (Å²) in [6.07, 6.45) is 3.62. The zero-order chi connectivity index (χ0) is 16.1. The summed E-state index contributed by atoms with van der Waals surface area (Å²) in [7, 11) is 3.92. The Labute approximate surface area is 135 Å². The molecule has 0 aromatic carbocycles. The SMILES string of the molecule is CCC(=O)N1C(C(=O)NCCN(C)C)CSC1c1ccoc1. The van der Waals surface area contributed by atoms with Crippen molar-refractivity contribution in [3.8, 4) is 0 Å². The number of amides is 2. The van der Waals surface area contributed by atoms with Crippen molar-refractivity contribution in [1.29, 1.82) is 0 Å². The summed E-state index contributed by atoms with van der Waals surface area (Å²) in [6.45, 7) is 3.18. The van der Waals surface area contributed by atoms with Crippen molar-refractivity contribution in [3.63, 3.8) is 0 Å². The van der Waals surface area contributed by atoms with E-state index in [4.69, 9.17) is 4.42 Å². The van der Waals surface area contributed by atoms with Crippen molar-refractivity contribution in [2.24, 2.45) is 0 Å². The smallest absolute Gasteiger partial charge is 0.243 e. The molecule has 1 fully saturated rings. The zero-order valence-electron chi connectivity index (χ0n) is 13.2. The number of rotatable bonds is 6. The number of likely N-dealkylation sites (N-methyl/N-ethyl adjacent to an activating group) is 1. The van der Waals surface area contributed by atoms with Crippen LogP contribution in [0, 0.1) is 0 Å². The Morgan fingerprint density at radius 2 is 2.27 bits per heavy atom. The highest BCUT2D eigenvalue weighted by molar-refractivity contribution is 7.99. The topological polar surface area (TPSA) is 65.8 Å². The third-order valence-corrected chi connectivity index (χ3v) is 4.90. The molecule has 2 heterocycles. The highest BCUT2D eigenvalue weighted by Gasteiger charge is 2.41. The molecule has 0 spiro atoms. The molecule has 0 aliphatic carbocycles. The summed E-state index contributed by atoms with van der Waals surface area (Å²) >= 11 is 1.60. The third-order valence-electron chi connectivity index (χ3n) is 3.58. The lowest BCUT2D eigenvalue weighted by Crippen LogP contribution is -2.48. The van der Waals surface area contributed by atoms with Crippen molar-refractivity contribution >= 4 is 23.6 Å². The molecule has 122 valence electrons. The minimum absolute atomic E-state index is 0.0102. The maximum Gasteiger partial charge on any atom is 0.243 e. The van der Waals surface area contributed by atoms with Gasteiger partial charge in [-0.05, 0) is 20.2 Å². The van der Waals surface area contributed by atoms with E-state index in [-0.39, 0.29) is 17.2 Å². The quantitative estimate of drug-likeness (QED) is 0.854. The number of furan rings is 1. The van der Waals surface area contributed by atoms with Gasteiger partial charge >= 0.3 is 0 Å². The van der Waals surface area contributed by atoms with Crippen LogP contribution in [0.2, 0.25) is 0 Å². The first-order valence-electron chi connectivity index (χ1n) is 7.42. The van der Waals surface area contributed by atoms with Crippen LogP contribution < -0.4 is 5.32 Å². The summed E-state index contributed by atoms with van der Waals surface area (Å²) in [4.78, 5) is 28.4. The number of nitrogens with zero attached hydrogens (tertiary/aromatic N) is 2. The molecule has 0 saturated carbocycles. The Morgan fingerprint density at radius 1 is 1.50 bits per heavy atom. The number of hydrogen-bond donors (Lipinski definition) is 1. The van der Waals surface area contributed by atoms with Crippen LogP contribution >= 0.6 is 11.8 Å². The molecule has 1 saturated heterocycles. The van der Waals surface area contributed by atoms with Gasteiger partial charge in [-0.15, -0.1) is 11.8 Å². The van der Waals surface area contributed by atoms with Gasteiger partial charge in [-0.3, -0.25) is 9.59 Å². The van der Waals surface area contributed by atoms with Gasteiger partial charge in [-0.25, -0.2) is 0 Å². The van der Waals surface area contributed by atoms with Crippen molar-refractivity contribution in [1.82, 2.24) is 15.1 Å². The van der Waals surface area contributed by atoms with E-state index in [2.05, 4.69) is 5.32 Å². The monoisotopic (exact) mass is 325 g/mol. The molecular weight excluding hydrogens is 302 g/mol. The van der Waals surface area contributed by atoms with E-state index in [1.165, 1.54) is 0 Å². The standard InChI is InChI=1S/C15H23N3O3S/c1-4-13(19)18-12(14(20)16-6-7-17(2)3)10-22-15(18)11-5-8-21-9-11/h5,8-9,12,15H,4,6-7,10H2,1-3H3,(H,16,20). The molecule has 2 atom stereocenters. The van der Waals surface area contributed by atoms with Gasteiger partial charge in [0.1, 0.15) is 11.4 Å². The largest absolute Gasteiger partial charge is 0.472 e. The number of carbonyl (C=O) groups is 2. The molecule has 1 aromatic rings. The van der Waals surface area contributed by atoms with Crippen molar-refractivity contribution in [2.45, 2.75) is 24.8 Å². The van der Waals surface area contributed by atoms with E-state index >= 15 is 0 Å². The highest BCUT2D eigenvalue weighted by Crippen LogP contribution is 2.41. The maximum absolute atomic E-state index is 12.4. The van der Waals surface area contributed by atoms with E-state index in [1.807, 2.05) is 32.0 Å². The van der Waals surface area contributed by atoms with Crippen LogP contribution in [-0.4, -0.2) is 60.6 Å². The second-order valence-corrected chi connectivity index (χ2v) is 6.62. The first-order valence-corrected chi connectivity index (χ1v) is 8.46. The van der Waals surface area contributed by atoms with Gasteiger partial charge in [0, 0.05) is 30.8 Å². The molecule has 2 amide bonds. The summed E-state index contributed by atoms with van der Waals surface area (Å²) < 4.78 is 5.12. The zero-order valence-corrected chi connectivity index (χ0v) is 14.1. The van der Waals surface area contributed by atoms with Gasteiger partial charge in [0.2, 0.25) is 11.8 Å². The summed E-state index contributed by atoms with van der Waals surface area (Å²) in [6, 6.07) is 1.43. The predicted molar refractivity (Wildman–Crippen MR) is 86.4 cm³/mol. The van der Waals surface area contributed by atoms with Gasteiger partial charge in [0.15, 0.2) is 0 Å². The van der Waals surface area contributed by atoms with Crippen LogP contribution in [0.15, 0.2) is 23.0 Å². The van der Waals surface area contributed by atoms with E-state index in [1.54, 1.807) is 29.2 Å². The van der Waals surface area contributed by atoms with Gasteiger partial charge in [0.05, 0.1) is 12.5 Å². The fourth-order valence-corrected chi connectivity index (χ4v) is 3.82. The average molecular weight is 325 g/mol. The maximum atomic E-state index is 12.4. The Bertz CT molecular complexity index is 504. The number of thioether (sulfide) groups is 1. The van der Waals surface area contributed by atoms with Crippen LogP contribution in [0.5, 0.6) is 0 Å². The fraction of sp³-hybridized carbons (Fsp3) is 0.600. The van der Waals surface area contributed by atoms with Crippen LogP contribution in [-0.2, 0) is 9.59 Å². The Morgan fingerprint density at radius 3 is 2.86 bits per heavy atom. The molecular formula is C15H23N3O3S. The first-order chi connectivity index (χ1) is 10.5. The normalized spacial score (nSPS) is 21.4. The summed E-state index contributed by atoms with van der Waals surface area (Å²) in [5, 5.41) is 2.78. The molecule has 0 bridgehead atoms. The second-order valence-electron chi connectivity index (χ2n) is 5.51. The molecule has 0 radical (unpaired) electrons. The molecule has 6 nitrogen and oxygen atoms in total. The third kappa shape index (κ3) is 3.84. The minimum atomic E-state index is -0.417. The highest BCUT2D eigenvalue weighted by atomic mass is 32.2. The molecule has 7 heteroatoms. The van der Waals surface area contributed by atoms with E-state index in [9.17, 15) is 9.59 Å². The van der Waals surface area contributed by atoms with Crippen molar-refractivity contribution in [3.05, 3.63) is 24.2 Å². The second kappa shape index (κ2) is 7.69. The van der Waals surface area contributed by atoms with Gasteiger partial charge in [-0.2, -0.15) is 0 Å². The Balaban J connectivity index is 2.06. The van der Waals surface area contributed by atoms with E-state index in [0.717, 1.165) is 12.1 Å². The van der Waals surface area contributed by atoms with Crippen LogP contribution in [0.4, 0.5) is 0 Å². The van der Waals surface area contributed by atoms with Gasteiger partial charge in [0.25, 0.3) is 0 Å². The summed E-state index contributed by atoms with van der Waals surface area (Å²) in [5.74, 6) is 0.515. The average Bonchev–Trinajstić information content (AvgIpc) is 3.14. The van der Waals surface area contributed by atoms with Crippen molar-refractivity contribution < 1.29 is 14.0 Å². The molecule has 1 aliphatic rings. The van der Waals surface area contributed by atoms with Crippen LogP contribution in [0.1, 0.15) is 24.3 Å². The predicted octanol–water partition coefficient (Wildman–Crippen LogP) is 1.31.